The fraction of sp³-hybridized carbons (Fsp3) is 0.231. The maximum absolute atomic E-state index is 5.15. The third-order valence-electron chi connectivity index (χ3n) is 2.51. The molecular weight excluding hydrogens is 218 g/mol. The van der Waals surface area contributed by atoms with E-state index in [1.165, 1.54) is 16.7 Å². The molecule has 0 fully saturated rings. The number of ether oxygens (including phenoxy) is 1. The summed E-state index contributed by atoms with van der Waals surface area (Å²) >= 11 is 1.74. The minimum Gasteiger partial charge on any atom is -0.497 e. The Morgan fingerprint density at radius 1 is 1.19 bits per heavy atom. The zero-order valence-corrected chi connectivity index (χ0v) is 10.3. The third-order valence-corrected chi connectivity index (χ3v) is 3.30. The highest BCUT2D eigenvalue weighted by Gasteiger charge is 2.05. The standard InChI is InChI=1S/C13H15NOS/c1-14-7-11-8-16-9-13(11)10-3-5-12(15-2)6-4-10/h3-6,8-9,14H,7H2,1-2H3. The fourth-order valence-corrected chi connectivity index (χ4v) is 2.54. The van der Waals surface area contributed by atoms with Gasteiger partial charge in [-0.05, 0) is 46.6 Å². The summed E-state index contributed by atoms with van der Waals surface area (Å²) < 4.78 is 5.15. The number of nitrogens with one attached hydrogen (secondary N) is 1. The molecule has 84 valence electrons. The van der Waals surface area contributed by atoms with Crippen molar-refractivity contribution in [3.8, 4) is 16.9 Å². The van der Waals surface area contributed by atoms with Gasteiger partial charge in [0.05, 0.1) is 7.11 Å². The van der Waals surface area contributed by atoms with Crippen molar-refractivity contribution >= 4 is 11.3 Å². The van der Waals surface area contributed by atoms with Gasteiger partial charge in [0.25, 0.3) is 0 Å². The Hall–Kier alpha value is -1.32. The van der Waals surface area contributed by atoms with Crippen LogP contribution in [0.25, 0.3) is 11.1 Å². The minimum absolute atomic E-state index is 0.897. The lowest BCUT2D eigenvalue weighted by Gasteiger charge is -2.05. The van der Waals surface area contributed by atoms with Gasteiger partial charge in [-0.1, -0.05) is 12.1 Å². The number of hydrogen-bond acceptors (Lipinski definition) is 3. The molecule has 0 spiro atoms. The maximum Gasteiger partial charge on any atom is 0.118 e. The largest absolute Gasteiger partial charge is 0.497 e. The Balaban J connectivity index is 2.31. The molecule has 0 unspecified atom stereocenters. The molecule has 1 aromatic carbocycles. The van der Waals surface area contributed by atoms with Gasteiger partial charge in [0, 0.05) is 6.54 Å². The van der Waals surface area contributed by atoms with E-state index in [-0.39, 0.29) is 0 Å². The summed E-state index contributed by atoms with van der Waals surface area (Å²) in [7, 11) is 3.65. The SMILES string of the molecule is CNCc1cscc1-c1ccc(OC)cc1. The lowest BCUT2D eigenvalue weighted by atomic mass is 10.0. The molecule has 16 heavy (non-hydrogen) atoms. The monoisotopic (exact) mass is 233 g/mol. The Morgan fingerprint density at radius 2 is 1.94 bits per heavy atom. The van der Waals surface area contributed by atoms with E-state index >= 15 is 0 Å². The van der Waals surface area contributed by atoms with Crippen LogP contribution in [0, 0.1) is 0 Å². The average molecular weight is 233 g/mol. The molecule has 1 aromatic heterocycles. The van der Waals surface area contributed by atoms with Crippen molar-refractivity contribution in [2.45, 2.75) is 6.54 Å². The van der Waals surface area contributed by atoms with Crippen LogP contribution in [-0.4, -0.2) is 14.2 Å². The van der Waals surface area contributed by atoms with Crippen molar-refractivity contribution in [2.75, 3.05) is 14.2 Å². The van der Waals surface area contributed by atoms with Gasteiger partial charge < -0.3 is 10.1 Å². The molecule has 0 aliphatic rings. The fourth-order valence-electron chi connectivity index (χ4n) is 1.67. The first kappa shape index (κ1) is 11.2. The smallest absolute Gasteiger partial charge is 0.118 e. The second kappa shape index (κ2) is 5.14. The van der Waals surface area contributed by atoms with Crippen molar-refractivity contribution in [1.29, 1.82) is 0 Å². The van der Waals surface area contributed by atoms with Gasteiger partial charge in [0.1, 0.15) is 5.75 Å². The van der Waals surface area contributed by atoms with Crippen LogP contribution in [0.1, 0.15) is 5.56 Å². The lowest BCUT2D eigenvalue weighted by Crippen LogP contribution is -2.04. The molecule has 1 N–H and O–H groups in total. The molecule has 0 amide bonds. The molecule has 0 saturated heterocycles. The molecule has 0 radical (unpaired) electrons. The first-order chi connectivity index (χ1) is 7.85. The summed E-state index contributed by atoms with van der Waals surface area (Å²) in [5.74, 6) is 0.897. The number of rotatable bonds is 4. The van der Waals surface area contributed by atoms with Crippen LogP contribution < -0.4 is 10.1 Å². The molecular formula is C13H15NOS. The summed E-state index contributed by atoms with van der Waals surface area (Å²) in [4.78, 5) is 0. The van der Waals surface area contributed by atoms with Gasteiger partial charge in [0.2, 0.25) is 0 Å². The van der Waals surface area contributed by atoms with Crippen molar-refractivity contribution in [3.63, 3.8) is 0 Å². The van der Waals surface area contributed by atoms with Gasteiger partial charge in [-0.25, -0.2) is 0 Å². The number of methoxy groups -OCH3 is 1. The number of benzene rings is 1. The van der Waals surface area contributed by atoms with E-state index in [2.05, 4.69) is 28.2 Å². The van der Waals surface area contributed by atoms with Crippen LogP contribution in [0.4, 0.5) is 0 Å². The summed E-state index contributed by atoms with van der Waals surface area (Å²) in [5.41, 5.74) is 3.90. The van der Waals surface area contributed by atoms with E-state index in [0.717, 1.165) is 12.3 Å². The highest BCUT2D eigenvalue weighted by atomic mass is 32.1. The summed E-state index contributed by atoms with van der Waals surface area (Å²) in [6.07, 6.45) is 0. The van der Waals surface area contributed by atoms with E-state index < -0.39 is 0 Å². The van der Waals surface area contributed by atoms with E-state index in [4.69, 9.17) is 4.74 Å². The van der Waals surface area contributed by atoms with Crippen LogP contribution in [-0.2, 0) is 6.54 Å². The predicted molar refractivity (Wildman–Crippen MR) is 69.1 cm³/mol. The molecule has 2 rings (SSSR count). The second-order valence-electron chi connectivity index (χ2n) is 3.57. The summed E-state index contributed by atoms with van der Waals surface area (Å²) in [6, 6.07) is 8.19. The van der Waals surface area contributed by atoms with Gasteiger partial charge in [-0.15, -0.1) is 0 Å². The first-order valence-electron chi connectivity index (χ1n) is 5.19. The molecule has 0 saturated carbocycles. The van der Waals surface area contributed by atoms with E-state index in [1.807, 2.05) is 19.2 Å². The van der Waals surface area contributed by atoms with Crippen molar-refractivity contribution in [2.24, 2.45) is 0 Å². The predicted octanol–water partition coefficient (Wildman–Crippen LogP) is 3.14. The molecule has 0 bridgehead atoms. The van der Waals surface area contributed by atoms with Crippen LogP contribution in [0.2, 0.25) is 0 Å². The highest BCUT2D eigenvalue weighted by Crippen LogP contribution is 2.28. The van der Waals surface area contributed by atoms with E-state index in [0.29, 0.717) is 0 Å². The van der Waals surface area contributed by atoms with Crippen molar-refractivity contribution in [3.05, 3.63) is 40.6 Å². The van der Waals surface area contributed by atoms with E-state index in [1.54, 1.807) is 18.4 Å². The third kappa shape index (κ3) is 2.26. The molecule has 1 heterocycles. The Kier molecular flexibility index (Phi) is 3.59. The maximum atomic E-state index is 5.15. The van der Waals surface area contributed by atoms with Crippen LogP contribution in [0.5, 0.6) is 5.75 Å². The molecule has 2 aromatic rings. The van der Waals surface area contributed by atoms with E-state index in [9.17, 15) is 0 Å². The Bertz CT molecular complexity index is 447. The average Bonchev–Trinajstić information content (AvgIpc) is 2.78. The van der Waals surface area contributed by atoms with Crippen molar-refractivity contribution < 1.29 is 4.74 Å². The summed E-state index contributed by atoms with van der Waals surface area (Å²) in [6.45, 7) is 0.908. The number of hydrogen-bond donors (Lipinski definition) is 1. The van der Waals surface area contributed by atoms with Crippen molar-refractivity contribution in [1.82, 2.24) is 5.32 Å². The van der Waals surface area contributed by atoms with Gasteiger partial charge >= 0.3 is 0 Å². The normalized spacial score (nSPS) is 10.4. The highest BCUT2D eigenvalue weighted by molar-refractivity contribution is 7.08. The zero-order chi connectivity index (χ0) is 11.4. The minimum atomic E-state index is 0.897. The first-order valence-corrected chi connectivity index (χ1v) is 6.13. The topological polar surface area (TPSA) is 21.3 Å². The molecule has 0 atom stereocenters. The Morgan fingerprint density at radius 3 is 2.56 bits per heavy atom. The van der Waals surface area contributed by atoms with Gasteiger partial charge in [-0.3, -0.25) is 0 Å². The van der Waals surface area contributed by atoms with Crippen LogP contribution in [0.3, 0.4) is 0 Å². The second-order valence-corrected chi connectivity index (χ2v) is 4.31. The van der Waals surface area contributed by atoms with Crippen LogP contribution >= 0.6 is 11.3 Å². The van der Waals surface area contributed by atoms with Gasteiger partial charge in [-0.2, -0.15) is 11.3 Å². The molecule has 0 aliphatic carbocycles. The lowest BCUT2D eigenvalue weighted by molar-refractivity contribution is 0.415. The van der Waals surface area contributed by atoms with Crippen LogP contribution in [0.15, 0.2) is 35.0 Å². The molecule has 3 heteroatoms. The quantitative estimate of drug-likeness (QED) is 0.876. The zero-order valence-electron chi connectivity index (χ0n) is 9.49. The number of thiophene rings is 1. The Labute approximate surface area is 99.9 Å². The molecule has 2 nitrogen and oxygen atoms in total. The molecule has 0 aliphatic heterocycles. The van der Waals surface area contributed by atoms with Gasteiger partial charge in [0.15, 0.2) is 0 Å². The summed E-state index contributed by atoms with van der Waals surface area (Å²) in [5, 5.41) is 7.56.